The monoisotopic (exact) mass is 383 g/mol. The summed E-state index contributed by atoms with van der Waals surface area (Å²) >= 11 is 0. The molecule has 8 heteroatoms. The first-order chi connectivity index (χ1) is 12.7. The smallest absolute Gasteiger partial charge is 0.433 e. The number of rotatable bonds is 9. The number of aliphatic imine (C=N–C) groups is 1. The van der Waals surface area contributed by atoms with E-state index in [0.717, 1.165) is 11.8 Å². The Hall–Kier alpha value is -1.84. The van der Waals surface area contributed by atoms with E-state index in [-0.39, 0.29) is 6.61 Å². The third kappa shape index (κ3) is 8.59. The quantitative estimate of drug-likeness (QED) is 0.466. The summed E-state index contributed by atoms with van der Waals surface area (Å²) in [4.78, 5) is 15.3. The molecule has 0 bridgehead atoms. The number of aliphatic hydroxyl groups is 4. The lowest BCUT2D eigenvalue weighted by atomic mass is 9.96. The van der Waals surface area contributed by atoms with Crippen molar-refractivity contribution in [2.75, 3.05) is 13.2 Å². The van der Waals surface area contributed by atoms with Gasteiger partial charge in [0.25, 0.3) is 0 Å². The minimum atomic E-state index is -1.41. The third-order valence-corrected chi connectivity index (χ3v) is 3.60. The zero-order chi connectivity index (χ0) is 20.4. The molecule has 0 saturated carbocycles. The minimum absolute atomic E-state index is 0.0843. The van der Waals surface area contributed by atoms with Gasteiger partial charge in [0.05, 0.1) is 25.9 Å². The molecule has 0 saturated heterocycles. The Morgan fingerprint density at radius 1 is 1.15 bits per heavy atom. The van der Waals surface area contributed by atoms with E-state index < -0.39 is 49.1 Å². The van der Waals surface area contributed by atoms with Crippen LogP contribution in [0.25, 0.3) is 0 Å². The maximum Gasteiger partial charge on any atom is 0.433 e. The van der Waals surface area contributed by atoms with Crippen LogP contribution in [0.4, 0.5) is 4.79 Å². The molecule has 152 valence electrons. The minimum Gasteiger partial charge on any atom is -0.442 e. The van der Waals surface area contributed by atoms with Gasteiger partial charge in [-0.2, -0.15) is 4.99 Å². The second kappa shape index (κ2) is 11.1. The van der Waals surface area contributed by atoms with Crippen molar-refractivity contribution in [2.24, 2.45) is 10.9 Å². The second-order valence-corrected chi connectivity index (χ2v) is 7.11. The molecule has 0 aliphatic rings. The highest BCUT2D eigenvalue weighted by molar-refractivity contribution is 5.80. The van der Waals surface area contributed by atoms with Crippen LogP contribution < -0.4 is 0 Å². The van der Waals surface area contributed by atoms with Crippen LogP contribution in [-0.4, -0.2) is 69.9 Å². The number of carbonyl (C=O) groups is 1. The molecule has 0 aromatic heterocycles. The molecule has 8 nitrogen and oxygen atoms in total. The molecule has 0 spiro atoms. The molecule has 0 fully saturated rings. The van der Waals surface area contributed by atoms with Gasteiger partial charge in [-0.25, -0.2) is 4.79 Å². The van der Waals surface area contributed by atoms with Gasteiger partial charge in [0.1, 0.15) is 17.8 Å². The normalized spacial score (nSPS) is 16.7. The van der Waals surface area contributed by atoms with Crippen molar-refractivity contribution in [3.63, 3.8) is 0 Å². The van der Waals surface area contributed by atoms with E-state index in [1.165, 1.54) is 0 Å². The van der Waals surface area contributed by atoms with Crippen molar-refractivity contribution >= 4 is 12.3 Å². The fourth-order valence-corrected chi connectivity index (χ4v) is 2.24. The summed E-state index contributed by atoms with van der Waals surface area (Å²) in [6.07, 6.45) is -3.79. The summed E-state index contributed by atoms with van der Waals surface area (Å²) in [5, 5.41) is 39.2. The molecule has 1 rings (SSSR count). The van der Waals surface area contributed by atoms with Gasteiger partial charge in [-0.3, -0.25) is 0 Å². The molecule has 4 N–H and O–H groups in total. The van der Waals surface area contributed by atoms with E-state index in [0.29, 0.717) is 0 Å². The molecule has 0 aliphatic heterocycles. The van der Waals surface area contributed by atoms with Gasteiger partial charge in [0.15, 0.2) is 0 Å². The SMILES string of the molecule is CC(C)(C)OC(=O)/N=C/[C@H](CO)[C@@H](O)[C@H](OCc1ccccc1)[C@H](O)CO. The predicted octanol–water partition coefficient (Wildman–Crippen LogP) is 0.900. The van der Waals surface area contributed by atoms with Gasteiger partial charge >= 0.3 is 6.09 Å². The second-order valence-electron chi connectivity index (χ2n) is 7.11. The van der Waals surface area contributed by atoms with Gasteiger partial charge in [0, 0.05) is 12.1 Å². The molecule has 1 aromatic rings. The molecular formula is C19H29NO7. The average Bonchev–Trinajstić information content (AvgIpc) is 2.61. The first-order valence-corrected chi connectivity index (χ1v) is 8.68. The van der Waals surface area contributed by atoms with Gasteiger partial charge < -0.3 is 29.9 Å². The summed E-state index contributed by atoms with van der Waals surface area (Å²) in [7, 11) is 0. The number of benzene rings is 1. The first kappa shape index (κ1) is 23.2. The molecule has 0 heterocycles. The molecule has 0 radical (unpaired) electrons. The van der Waals surface area contributed by atoms with Crippen LogP contribution in [0.3, 0.4) is 0 Å². The number of nitrogens with zero attached hydrogens (tertiary/aromatic N) is 1. The van der Waals surface area contributed by atoms with Crippen molar-refractivity contribution in [1.29, 1.82) is 0 Å². The Bertz CT molecular complexity index is 585. The third-order valence-electron chi connectivity index (χ3n) is 3.60. The van der Waals surface area contributed by atoms with Gasteiger partial charge in [-0.15, -0.1) is 0 Å². The van der Waals surface area contributed by atoms with Gasteiger partial charge in [-0.1, -0.05) is 30.3 Å². The number of hydrogen-bond donors (Lipinski definition) is 4. The first-order valence-electron chi connectivity index (χ1n) is 8.68. The average molecular weight is 383 g/mol. The Balaban J connectivity index is 2.81. The number of amides is 1. The van der Waals surface area contributed by atoms with Crippen LogP contribution in [0.2, 0.25) is 0 Å². The fraction of sp³-hybridized carbons (Fsp3) is 0.579. The van der Waals surface area contributed by atoms with Crippen molar-refractivity contribution < 1.29 is 34.7 Å². The van der Waals surface area contributed by atoms with Crippen molar-refractivity contribution in [1.82, 2.24) is 0 Å². The number of hydrogen-bond acceptors (Lipinski definition) is 7. The lowest BCUT2D eigenvalue weighted by Crippen LogP contribution is -2.46. The number of aliphatic hydroxyl groups excluding tert-OH is 4. The summed E-state index contributed by atoms with van der Waals surface area (Å²) in [6.45, 7) is 3.95. The standard InChI is InChI=1S/C19H29NO7/c1-19(2,3)27-18(25)20-9-14(10-21)16(24)17(15(23)11-22)26-12-13-7-5-4-6-8-13/h4-9,14-17,21-24H,10-12H2,1-3H3/b20-9+/t14-,15-,16-,17-/m1/s1. The lowest BCUT2D eigenvalue weighted by molar-refractivity contribution is -0.129. The van der Waals surface area contributed by atoms with Crippen LogP contribution in [0, 0.1) is 5.92 Å². The summed E-state index contributed by atoms with van der Waals surface area (Å²) in [5.41, 5.74) is 0.0821. The highest BCUT2D eigenvalue weighted by atomic mass is 16.6. The van der Waals surface area contributed by atoms with E-state index >= 15 is 0 Å². The Morgan fingerprint density at radius 2 is 1.78 bits per heavy atom. The maximum atomic E-state index is 11.7. The molecule has 0 unspecified atom stereocenters. The molecule has 1 amide bonds. The number of ether oxygens (including phenoxy) is 2. The fourth-order valence-electron chi connectivity index (χ4n) is 2.24. The topological polar surface area (TPSA) is 129 Å². The number of carbonyl (C=O) groups excluding carboxylic acids is 1. The van der Waals surface area contributed by atoms with Crippen LogP contribution >= 0.6 is 0 Å². The summed E-state index contributed by atoms with van der Waals surface area (Å²) < 4.78 is 10.6. The van der Waals surface area contributed by atoms with Crippen molar-refractivity contribution in [3.8, 4) is 0 Å². The van der Waals surface area contributed by atoms with E-state index in [1.54, 1.807) is 20.8 Å². The van der Waals surface area contributed by atoms with E-state index in [4.69, 9.17) is 9.47 Å². The van der Waals surface area contributed by atoms with E-state index in [2.05, 4.69) is 4.99 Å². The summed E-state index contributed by atoms with van der Waals surface area (Å²) in [5.74, 6) is -1.00. The summed E-state index contributed by atoms with van der Waals surface area (Å²) in [6, 6.07) is 9.09. The molecule has 1 aromatic carbocycles. The molecule has 0 aliphatic carbocycles. The van der Waals surface area contributed by atoms with Crippen molar-refractivity contribution in [2.45, 2.75) is 51.3 Å². The molecule has 27 heavy (non-hydrogen) atoms. The van der Waals surface area contributed by atoms with Crippen LogP contribution in [0.1, 0.15) is 26.3 Å². The van der Waals surface area contributed by atoms with E-state index in [9.17, 15) is 25.2 Å². The highest BCUT2D eigenvalue weighted by Crippen LogP contribution is 2.16. The maximum absolute atomic E-state index is 11.7. The van der Waals surface area contributed by atoms with E-state index in [1.807, 2.05) is 30.3 Å². The highest BCUT2D eigenvalue weighted by Gasteiger charge is 2.33. The van der Waals surface area contributed by atoms with Crippen LogP contribution in [0.5, 0.6) is 0 Å². The molecule has 4 atom stereocenters. The zero-order valence-corrected chi connectivity index (χ0v) is 15.9. The lowest BCUT2D eigenvalue weighted by Gasteiger charge is -2.30. The van der Waals surface area contributed by atoms with Gasteiger partial charge in [-0.05, 0) is 26.3 Å². The van der Waals surface area contributed by atoms with Gasteiger partial charge in [0.2, 0.25) is 0 Å². The van der Waals surface area contributed by atoms with Crippen LogP contribution in [-0.2, 0) is 16.1 Å². The molecular weight excluding hydrogens is 354 g/mol. The Kier molecular flexibility index (Phi) is 9.54. The zero-order valence-electron chi connectivity index (χ0n) is 15.9. The Labute approximate surface area is 159 Å². The van der Waals surface area contributed by atoms with Crippen molar-refractivity contribution in [3.05, 3.63) is 35.9 Å². The Morgan fingerprint density at radius 3 is 2.30 bits per heavy atom. The largest absolute Gasteiger partial charge is 0.442 e. The predicted molar refractivity (Wildman–Crippen MR) is 99.4 cm³/mol. The van der Waals surface area contributed by atoms with Crippen LogP contribution in [0.15, 0.2) is 35.3 Å².